The standard InChI is InChI=1S/C25H26N4O2S/c1-18-26-22(17-32-18)16-31-23-12-6-10-20(14-23)25(30)29(2)13-7-11-21-15-24(28-27-21)19-8-4-3-5-9-19/h3-6,8-10,12,14-15,17H,7,11,13,16H2,1-2H3,(H,27,28). The maximum atomic E-state index is 12.8. The Bertz CT molecular complexity index is 1170. The molecule has 0 aliphatic carbocycles. The molecule has 1 amide bonds. The van der Waals surface area contributed by atoms with Gasteiger partial charge in [-0.1, -0.05) is 36.4 Å². The number of rotatable bonds is 9. The Balaban J connectivity index is 1.28. The summed E-state index contributed by atoms with van der Waals surface area (Å²) in [5.41, 5.74) is 4.62. The molecule has 0 spiro atoms. The number of aromatic amines is 1. The first-order valence-electron chi connectivity index (χ1n) is 10.6. The van der Waals surface area contributed by atoms with Crippen LogP contribution in [0.4, 0.5) is 0 Å². The zero-order chi connectivity index (χ0) is 22.3. The van der Waals surface area contributed by atoms with Gasteiger partial charge in [-0.3, -0.25) is 9.89 Å². The van der Waals surface area contributed by atoms with Gasteiger partial charge in [0.25, 0.3) is 5.91 Å². The molecule has 4 aromatic rings. The van der Waals surface area contributed by atoms with E-state index in [0.717, 1.165) is 40.5 Å². The van der Waals surface area contributed by atoms with E-state index in [1.165, 1.54) is 0 Å². The van der Waals surface area contributed by atoms with Crippen molar-refractivity contribution >= 4 is 17.2 Å². The second kappa shape index (κ2) is 10.2. The molecule has 4 rings (SSSR count). The summed E-state index contributed by atoms with van der Waals surface area (Å²) in [6, 6.07) is 19.5. The smallest absolute Gasteiger partial charge is 0.253 e. The van der Waals surface area contributed by atoms with Gasteiger partial charge in [0.2, 0.25) is 0 Å². The highest BCUT2D eigenvalue weighted by Gasteiger charge is 2.13. The van der Waals surface area contributed by atoms with E-state index in [2.05, 4.69) is 21.2 Å². The van der Waals surface area contributed by atoms with E-state index in [1.54, 1.807) is 22.3 Å². The van der Waals surface area contributed by atoms with E-state index in [4.69, 9.17) is 4.74 Å². The highest BCUT2D eigenvalue weighted by atomic mass is 32.1. The van der Waals surface area contributed by atoms with E-state index in [1.807, 2.05) is 67.9 Å². The van der Waals surface area contributed by atoms with Gasteiger partial charge in [-0.2, -0.15) is 5.10 Å². The Morgan fingerprint density at radius 1 is 1.12 bits per heavy atom. The number of nitrogens with one attached hydrogen (secondary N) is 1. The fraction of sp³-hybridized carbons (Fsp3) is 0.240. The molecule has 32 heavy (non-hydrogen) atoms. The molecule has 0 unspecified atom stereocenters. The fourth-order valence-electron chi connectivity index (χ4n) is 3.43. The molecule has 0 aliphatic rings. The van der Waals surface area contributed by atoms with Crippen LogP contribution in [0.3, 0.4) is 0 Å². The van der Waals surface area contributed by atoms with Crippen LogP contribution in [0.25, 0.3) is 11.3 Å². The molecule has 0 aliphatic heterocycles. The molecule has 6 nitrogen and oxygen atoms in total. The zero-order valence-electron chi connectivity index (χ0n) is 18.2. The van der Waals surface area contributed by atoms with Gasteiger partial charge in [0.05, 0.1) is 16.4 Å². The maximum absolute atomic E-state index is 12.8. The van der Waals surface area contributed by atoms with Crippen molar-refractivity contribution in [2.75, 3.05) is 13.6 Å². The molecule has 0 radical (unpaired) electrons. The molecule has 0 saturated carbocycles. The van der Waals surface area contributed by atoms with Crippen LogP contribution in [-0.2, 0) is 13.0 Å². The number of aromatic nitrogens is 3. The number of H-pyrrole nitrogens is 1. The summed E-state index contributed by atoms with van der Waals surface area (Å²) in [6.07, 6.45) is 1.67. The lowest BCUT2D eigenvalue weighted by atomic mass is 10.1. The molecule has 0 atom stereocenters. The van der Waals surface area contributed by atoms with Crippen molar-refractivity contribution in [3.8, 4) is 17.0 Å². The van der Waals surface area contributed by atoms with Gasteiger partial charge < -0.3 is 9.64 Å². The highest BCUT2D eigenvalue weighted by molar-refractivity contribution is 7.09. The molecule has 0 fully saturated rings. The largest absolute Gasteiger partial charge is 0.487 e. The quantitative estimate of drug-likeness (QED) is 0.387. The van der Waals surface area contributed by atoms with Crippen molar-refractivity contribution in [1.82, 2.24) is 20.1 Å². The maximum Gasteiger partial charge on any atom is 0.253 e. The summed E-state index contributed by atoms with van der Waals surface area (Å²) < 4.78 is 5.82. The number of ether oxygens (including phenoxy) is 1. The minimum Gasteiger partial charge on any atom is -0.487 e. The number of carbonyl (C=O) groups is 1. The van der Waals surface area contributed by atoms with Crippen LogP contribution in [0.5, 0.6) is 5.75 Å². The van der Waals surface area contributed by atoms with Crippen LogP contribution in [0, 0.1) is 6.92 Å². The lowest BCUT2D eigenvalue weighted by Gasteiger charge is -2.17. The number of nitrogens with zero attached hydrogens (tertiary/aromatic N) is 3. The molecule has 164 valence electrons. The van der Waals surface area contributed by atoms with Crippen LogP contribution in [-0.4, -0.2) is 39.6 Å². The lowest BCUT2D eigenvalue weighted by molar-refractivity contribution is 0.0793. The number of carbonyl (C=O) groups excluding carboxylic acids is 1. The summed E-state index contributed by atoms with van der Waals surface area (Å²) in [5.74, 6) is 0.648. The third-order valence-electron chi connectivity index (χ3n) is 5.12. The Morgan fingerprint density at radius 2 is 1.97 bits per heavy atom. The summed E-state index contributed by atoms with van der Waals surface area (Å²) >= 11 is 1.60. The van der Waals surface area contributed by atoms with Gasteiger partial charge in [-0.05, 0) is 44.0 Å². The van der Waals surface area contributed by atoms with Crippen LogP contribution < -0.4 is 4.74 Å². The van der Waals surface area contributed by atoms with Crippen molar-refractivity contribution in [2.45, 2.75) is 26.4 Å². The zero-order valence-corrected chi connectivity index (χ0v) is 19.1. The Morgan fingerprint density at radius 3 is 2.75 bits per heavy atom. The number of amides is 1. The predicted molar refractivity (Wildman–Crippen MR) is 127 cm³/mol. The van der Waals surface area contributed by atoms with Crippen LogP contribution >= 0.6 is 11.3 Å². The van der Waals surface area contributed by atoms with E-state index >= 15 is 0 Å². The Kier molecular flexibility index (Phi) is 6.97. The summed E-state index contributed by atoms with van der Waals surface area (Å²) in [5, 5.41) is 10.5. The third kappa shape index (κ3) is 5.62. The van der Waals surface area contributed by atoms with E-state index < -0.39 is 0 Å². The summed E-state index contributed by atoms with van der Waals surface area (Å²) in [7, 11) is 1.83. The first-order chi connectivity index (χ1) is 15.6. The topological polar surface area (TPSA) is 71.1 Å². The van der Waals surface area contributed by atoms with Crippen molar-refractivity contribution in [2.24, 2.45) is 0 Å². The van der Waals surface area contributed by atoms with Crippen molar-refractivity contribution in [3.05, 3.63) is 88.0 Å². The van der Waals surface area contributed by atoms with Crippen molar-refractivity contribution < 1.29 is 9.53 Å². The van der Waals surface area contributed by atoms with Crippen LogP contribution in [0.1, 0.15) is 33.2 Å². The number of hydrogen-bond donors (Lipinski definition) is 1. The average molecular weight is 447 g/mol. The van der Waals surface area contributed by atoms with Gasteiger partial charge in [-0.15, -0.1) is 11.3 Å². The number of aryl methyl sites for hydroxylation is 2. The molecule has 2 aromatic heterocycles. The first kappa shape index (κ1) is 21.8. The van der Waals surface area contributed by atoms with Gasteiger partial charge in [0.15, 0.2) is 0 Å². The molecule has 7 heteroatoms. The molecular formula is C25H26N4O2S. The van der Waals surface area contributed by atoms with Gasteiger partial charge in [0, 0.05) is 35.8 Å². The molecule has 2 aromatic carbocycles. The van der Waals surface area contributed by atoms with E-state index in [-0.39, 0.29) is 5.91 Å². The van der Waals surface area contributed by atoms with Gasteiger partial charge in [-0.25, -0.2) is 4.98 Å². The van der Waals surface area contributed by atoms with Gasteiger partial charge >= 0.3 is 0 Å². The van der Waals surface area contributed by atoms with Crippen molar-refractivity contribution in [3.63, 3.8) is 0 Å². The van der Waals surface area contributed by atoms with E-state index in [0.29, 0.717) is 24.5 Å². The second-order valence-corrected chi connectivity index (χ2v) is 8.71. The normalized spacial score (nSPS) is 10.8. The second-order valence-electron chi connectivity index (χ2n) is 7.65. The van der Waals surface area contributed by atoms with Gasteiger partial charge in [0.1, 0.15) is 12.4 Å². The molecule has 2 heterocycles. The number of benzene rings is 2. The lowest BCUT2D eigenvalue weighted by Crippen LogP contribution is -2.28. The monoisotopic (exact) mass is 446 g/mol. The highest BCUT2D eigenvalue weighted by Crippen LogP contribution is 2.19. The number of thiazole rings is 1. The Hall–Kier alpha value is -3.45. The van der Waals surface area contributed by atoms with E-state index in [9.17, 15) is 4.79 Å². The molecule has 1 N–H and O–H groups in total. The summed E-state index contributed by atoms with van der Waals surface area (Å²) in [6.45, 7) is 3.02. The first-order valence-corrected chi connectivity index (χ1v) is 11.5. The minimum atomic E-state index is -0.0189. The number of hydrogen-bond acceptors (Lipinski definition) is 5. The van der Waals surface area contributed by atoms with Crippen LogP contribution in [0.2, 0.25) is 0 Å². The minimum absolute atomic E-state index is 0.0189. The molecule has 0 saturated heterocycles. The van der Waals surface area contributed by atoms with Crippen molar-refractivity contribution in [1.29, 1.82) is 0 Å². The Labute approximate surface area is 191 Å². The van der Waals surface area contributed by atoms with Crippen LogP contribution in [0.15, 0.2) is 66.0 Å². The predicted octanol–water partition coefficient (Wildman–Crippen LogP) is 5.13. The molecule has 0 bridgehead atoms. The SMILES string of the molecule is Cc1nc(COc2cccc(C(=O)N(C)CCCc3cc(-c4ccccc4)n[nH]3)c2)cs1. The molecular weight excluding hydrogens is 420 g/mol. The average Bonchev–Trinajstić information content (AvgIpc) is 3.47. The third-order valence-corrected chi connectivity index (χ3v) is 5.94. The summed E-state index contributed by atoms with van der Waals surface area (Å²) in [4.78, 5) is 19.0. The fourth-order valence-corrected chi connectivity index (χ4v) is 4.02.